The van der Waals surface area contributed by atoms with E-state index in [4.69, 9.17) is 4.11 Å². The number of hydrogen-bond donors (Lipinski definition) is 0. The van der Waals surface area contributed by atoms with E-state index in [0.717, 1.165) is 30.7 Å². The molecule has 2 aromatic carbocycles. The molecule has 0 heteroatoms. The molecule has 0 radical (unpaired) electrons. The van der Waals surface area contributed by atoms with Crippen molar-refractivity contribution < 1.29 is 4.11 Å². The van der Waals surface area contributed by atoms with Gasteiger partial charge in [0, 0.05) is 4.11 Å². The zero-order chi connectivity index (χ0) is 24.8. The van der Waals surface area contributed by atoms with Crippen LogP contribution < -0.4 is 0 Å². The van der Waals surface area contributed by atoms with Crippen LogP contribution in [0.5, 0.6) is 0 Å². The lowest BCUT2D eigenvalue weighted by Gasteiger charge is -2.29. The van der Waals surface area contributed by atoms with Crippen molar-refractivity contribution in [1.82, 2.24) is 0 Å². The largest absolute Gasteiger partial charge is 0.0654 e. The molecular weight excluding hydrogens is 384 g/mol. The molecule has 2 aromatic rings. The van der Waals surface area contributed by atoms with Crippen molar-refractivity contribution in [3.63, 3.8) is 0 Å². The Morgan fingerprint density at radius 1 is 0.625 bits per heavy atom. The van der Waals surface area contributed by atoms with Gasteiger partial charge in [0.2, 0.25) is 0 Å². The first-order chi connectivity index (χ1) is 16.9. The first-order valence-corrected chi connectivity index (χ1v) is 13.5. The third kappa shape index (κ3) is 6.27. The normalized spacial score (nSPS) is 31.4. The average molecular weight is 434 g/mol. The second kappa shape index (κ2) is 12.1. The van der Waals surface area contributed by atoms with Gasteiger partial charge in [-0.2, -0.15) is 0 Å². The zero-order valence-electron chi connectivity index (χ0n) is 23.5. The minimum Gasteiger partial charge on any atom is -0.0654 e. The molecule has 2 aliphatic carbocycles. The summed E-state index contributed by atoms with van der Waals surface area (Å²) in [6.45, 7) is 4.45. The third-order valence-corrected chi connectivity index (χ3v) is 8.08. The molecule has 0 aliphatic heterocycles. The number of unbranched alkanes of at least 4 members (excludes halogenated alkanes) is 2. The van der Waals surface area contributed by atoms with E-state index < -0.39 is 6.37 Å². The zero-order valence-corrected chi connectivity index (χ0v) is 20.5. The highest BCUT2D eigenvalue weighted by Gasteiger charge is 2.23. The predicted octanol–water partition coefficient (Wildman–Crippen LogP) is 10.3. The van der Waals surface area contributed by atoms with Crippen molar-refractivity contribution >= 4 is 0 Å². The second-order valence-corrected chi connectivity index (χ2v) is 10.5. The molecule has 0 saturated heterocycles. The summed E-state index contributed by atoms with van der Waals surface area (Å²) in [6, 6.07) is 17.6. The monoisotopic (exact) mass is 433 g/mol. The highest BCUT2D eigenvalue weighted by molar-refractivity contribution is 5.64. The Morgan fingerprint density at radius 3 is 1.78 bits per heavy atom. The topological polar surface area (TPSA) is 0 Å². The van der Waals surface area contributed by atoms with Gasteiger partial charge in [-0.15, -0.1) is 0 Å². The van der Waals surface area contributed by atoms with E-state index in [1.165, 1.54) is 68.1 Å². The lowest BCUT2D eigenvalue weighted by Crippen LogP contribution is -2.13. The van der Waals surface area contributed by atoms with Gasteiger partial charge in [-0.05, 0) is 97.2 Å². The highest BCUT2D eigenvalue weighted by atomic mass is 14.3. The fourth-order valence-electron chi connectivity index (χ4n) is 5.97. The summed E-state index contributed by atoms with van der Waals surface area (Å²) < 4.78 is 26.1. The third-order valence-electron chi connectivity index (χ3n) is 8.08. The molecule has 32 heavy (non-hydrogen) atoms. The van der Waals surface area contributed by atoms with Crippen molar-refractivity contribution in [3.8, 4) is 11.1 Å². The van der Waals surface area contributed by atoms with Crippen LogP contribution in [-0.2, 0) is 0 Å². The first-order valence-electron chi connectivity index (χ1n) is 15.1. The van der Waals surface area contributed by atoms with Crippen LogP contribution in [0.1, 0.15) is 131 Å². The van der Waals surface area contributed by atoms with Gasteiger partial charge in [0.15, 0.2) is 0 Å². The fourth-order valence-corrected chi connectivity index (χ4v) is 5.97. The molecule has 2 saturated carbocycles. The smallest absolute Gasteiger partial charge is 0.0273 e. The van der Waals surface area contributed by atoms with Gasteiger partial charge < -0.3 is 0 Å². The maximum absolute atomic E-state index is 8.70. The molecule has 2 aliphatic rings. The lowest BCUT2D eigenvalue weighted by atomic mass is 9.76. The molecule has 2 fully saturated rings. The maximum Gasteiger partial charge on any atom is 0.0273 e. The van der Waals surface area contributed by atoms with Crippen LogP contribution in [0.25, 0.3) is 11.1 Å². The molecule has 0 bridgehead atoms. The van der Waals surface area contributed by atoms with Crippen LogP contribution in [0.4, 0.5) is 0 Å². The first kappa shape index (κ1) is 19.9. The lowest BCUT2D eigenvalue weighted by molar-refractivity contribution is 0.303. The molecule has 0 spiro atoms. The Hall–Kier alpha value is -1.56. The van der Waals surface area contributed by atoms with Crippen molar-refractivity contribution in [2.24, 2.45) is 11.8 Å². The van der Waals surface area contributed by atoms with E-state index in [9.17, 15) is 0 Å². The van der Waals surface area contributed by atoms with E-state index in [0.29, 0.717) is 18.3 Å². The molecule has 0 N–H and O–H groups in total. The standard InChI is InChI=1S/C32H46/c1-3-5-6-8-26-11-15-28(16-12-26)30-19-23-32(24-20-30)31-21-17-29(18-22-31)27-13-9-25(7-4-2)10-14-27/h17-28H,3-16H2,1-2H3/t25-,26?,27-,28?/i13D,14D2/t13?,25-,26?,27-,28?/m0/s1. The molecule has 0 heterocycles. The van der Waals surface area contributed by atoms with Crippen LogP contribution >= 0.6 is 0 Å². The number of hydrogen-bond acceptors (Lipinski definition) is 0. The Bertz CT molecular complexity index is 893. The molecule has 0 nitrogen and oxygen atoms in total. The second-order valence-electron chi connectivity index (χ2n) is 10.5. The molecule has 0 aromatic heterocycles. The van der Waals surface area contributed by atoms with Gasteiger partial charge in [0.25, 0.3) is 0 Å². The van der Waals surface area contributed by atoms with Gasteiger partial charge >= 0.3 is 0 Å². The van der Waals surface area contributed by atoms with Gasteiger partial charge in [0.1, 0.15) is 0 Å². The van der Waals surface area contributed by atoms with Gasteiger partial charge in [0.05, 0.1) is 0 Å². The SMILES string of the molecule is [2H]C1C[C@H](CCC)CC([2H])([2H])[C@H]1c1ccc(-c2ccc(C3CCC(CCCCC)CC3)cc2)cc1. The number of rotatable bonds is 9. The summed E-state index contributed by atoms with van der Waals surface area (Å²) in [5.41, 5.74) is 4.89. The molecule has 3 atom stereocenters. The minimum atomic E-state index is -1.30. The summed E-state index contributed by atoms with van der Waals surface area (Å²) in [5.74, 6) is 1.69. The van der Waals surface area contributed by atoms with E-state index in [1.54, 1.807) is 0 Å². The van der Waals surface area contributed by atoms with Crippen LogP contribution in [0.3, 0.4) is 0 Å². The fraction of sp³-hybridized carbons (Fsp3) is 0.625. The van der Waals surface area contributed by atoms with E-state index in [2.05, 4.69) is 62.4 Å². The van der Waals surface area contributed by atoms with E-state index in [-0.39, 0.29) is 12.3 Å². The Labute approximate surface area is 202 Å². The minimum absolute atomic E-state index is 0.330. The van der Waals surface area contributed by atoms with Crippen LogP contribution in [0.15, 0.2) is 48.5 Å². The highest BCUT2D eigenvalue weighted by Crippen LogP contribution is 2.39. The predicted molar refractivity (Wildman–Crippen MR) is 140 cm³/mol. The van der Waals surface area contributed by atoms with Gasteiger partial charge in [-0.1, -0.05) is 101 Å². The summed E-state index contributed by atoms with van der Waals surface area (Å²) in [5, 5.41) is 0. The Kier molecular flexibility index (Phi) is 7.49. The van der Waals surface area contributed by atoms with Crippen molar-refractivity contribution in [2.75, 3.05) is 0 Å². The molecule has 4 rings (SSSR count). The number of benzene rings is 2. The summed E-state index contributed by atoms with van der Waals surface area (Å²) in [6.07, 6.45) is 12.9. The maximum atomic E-state index is 8.70. The van der Waals surface area contributed by atoms with Crippen LogP contribution in [0.2, 0.25) is 0 Å². The summed E-state index contributed by atoms with van der Waals surface area (Å²) in [7, 11) is 0. The molecular formula is C32H46. The van der Waals surface area contributed by atoms with Crippen molar-refractivity contribution in [3.05, 3.63) is 59.7 Å². The molecule has 174 valence electrons. The molecule has 1 unspecified atom stereocenters. The van der Waals surface area contributed by atoms with Crippen LogP contribution in [0, 0.1) is 11.8 Å². The van der Waals surface area contributed by atoms with E-state index >= 15 is 0 Å². The Balaban J connectivity index is 1.37. The summed E-state index contributed by atoms with van der Waals surface area (Å²) >= 11 is 0. The summed E-state index contributed by atoms with van der Waals surface area (Å²) in [4.78, 5) is 0. The van der Waals surface area contributed by atoms with Crippen molar-refractivity contribution in [2.45, 2.75) is 116 Å². The average Bonchev–Trinajstić information content (AvgIpc) is 2.84. The van der Waals surface area contributed by atoms with Gasteiger partial charge in [-0.3, -0.25) is 0 Å². The molecule has 0 amide bonds. The quantitative estimate of drug-likeness (QED) is 0.345. The van der Waals surface area contributed by atoms with Gasteiger partial charge in [-0.25, -0.2) is 0 Å². The van der Waals surface area contributed by atoms with Crippen LogP contribution in [-0.4, -0.2) is 0 Å². The Morgan fingerprint density at radius 2 is 1.22 bits per heavy atom. The van der Waals surface area contributed by atoms with Crippen molar-refractivity contribution in [1.29, 1.82) is 0 Å². The van der Waals surface area contributed by atoms with E-state index in [1.807, 2.05) is 0 Å².